The molecule has 1 unspecified atom stereocenters. The van der Waals surface area contributed by atoms with Crippen molar-refractivity contribution in [3.8, 4) is 0 Å². The predicted octanol–water partition coefficient (Wildman–Crippen LogP) is -3.08. The first kappa shape index (κ1) is 32.8. The standard InChI is InChI=1S/C5H10N2O3.C4H9NO2.C3H7NO2.C2H5NO2/c6-3(5(9)10)1-2-4(7)8;1-2-3(5)4(6)7;1-2(4)3(5)6;3-1-2(4)5/h3H,1-2,6H2,(H2,7,8)(H,9,10);3H,2,5H2,1H3,(H,6,7);2H,4H2,1H3,(H,5,6);1,3H2,(H,4,5)/t3-;;2-;/m0.0./s1. The maximum absolute atomic E-state index is 10.1. The lowest BCUT2D eigenvalue weighted by atomic mass is 10.2. The van der Waals surface area contributed by atoms with Gasteiger partial charge in [0.1, 0.15) is 18.1 Å². The van der Waals surface area contributed by atoms with Gasteiger partial charge >= 0.3 is 23.9 Å². The average Bonchev–Trinajstić information content (AvgIpc) is 2.59. The van der Waals surface area contributed by atoms with Crippen molar-refractivity contribution in [1.82, 2.24) is 0 Å². The Labute approximate surface area is 161 Å². The lowest BCUT2D eigenvalue weighted by Crippen LogP contribution is -2.31. The third-order valence-electron chi connectivity index (χ3n) is 2.34. The quantitative estimate of drug-likeness (QED) is 0.191. The first-order valence-corrected chi connectivity index (χ1v) is 7.79. The van der Waals surface area contributed by atoms with Crippen LogP contribution < -0.4 is 28.7 Å². The molecule has 166 valence electrons. The second-order valence-corrected chi connectivity index (χ2v) is 5.03. The third-order valence-corrected chi connectivity index (χ3v) is 2.34. The van der Waals surface area contributed by atoms with Gasteiger partial charge in [-0.25, -0.2) is 0 Å². The van der Waals surface area contributed by atoms with Gasteiger partial charge in [-0.05, 0) is 19.8 Å². The van der Waals surface area contributed by atoms with Crippen molar-refractivity contribution in [2.75, 3.05) is 6.54 Å². The van der Waals surface area contributed by atoms with Crippen molar-refractivity contribution < 1.29 is 44.4 Å². The molecule has 14 nitrogen and oxygen atoms in total. The number of amides is 1. The molecule has 0 aliphatic carbocycles. The van der Waals surface area contributed by atoms with Gasteiger partial charge in [-0.1, -0.05) is 6.92 Å². The van der Waals surface area contributed by atoms with E-state index in [1.54, 1.807) is 6.92 Å². The highest BCUT2D eigenvalue weighted by molar-refractivity contribution is 5.77. The molecule has 0 aliphatic heterocycles. The Morgan fingerprint density at radius 1 is 0.821 bits per heavy atom. The minimum atomic E-state index is -1.11. The van der Waals surface area contributed by atoms with Crippen LogP contribution in [0.3, 0.4) is 0 Å². The molecule has 28 heavy (non-hydrogen) atoms. The molecule has 14 heteroatoms. The van der Waals surface area contributed by atoms with Crippen molar-refractivity contribution >= 4 is 29.8 Å². The monoisotopic (exact) mass is 413 g/mol. The molecule has 0 aromatic rings. The molecule has 1 amide bonds. The number of primary amides is 1. The van der Waals surface area contributed by atoms with Gasteiger partial charge in [-0.15, -0.1) is 0 Å². The minimum Gasteiger partial charge on any atom is -0.480 e. The number of hydrogen-bond acceptors (Lipinski definition) is 9. The summed E-state index contributed by atoms with van der Waals surface area (Å²) in [5.74, 6) is -4.50. The van der Waals surface area contributed by atoms with Crippen molar-refractivity contribution in [2.24, 2.45) is 28.7 Å². The fraction of sp³-hybridized carbons (Fsp3) is 0.643. The van der Waals surface area contributed by atoms with Crippen LogP contribution in [-0.4, -0.2) is 74.9 Å². The molecular formula is C14H31N5O9. The largest absolute Gasteiger partial charge is 0.480 e. The molecule has 0 aromatic heterocycles. The van der Waals surface area contributed by atoms with Gasteiger partial charge in [-0.2, -0.15) is 0 Å². The fourth-order valence-electron chi connectivity index (χ4n) is 0.596. The number of carbonyl (C=O) groups is 5. The predicted molar refractivity (Wildman–Crippen MR) is 97.9 cm³/mol. The maximum atomic E-state index is 10.1. The molecule has 0 rings (SSSR count). The van der Waals surface area contributed by atoms with Crippen LogP contribution in [0.5, 0.6) is 0 Å². The lowest BCUT2D eigenvalue weighted by Gasteiger charge is -2.01. The molecule has 0 saturated heterocycles. The SMILES string of the molecule is CCC(N)C(=O)O.C[C@H](N)C(=O)O.NC(=O)CC[C@H](N)C(=O)O.NCC(=O)O. The Bertz CT molecular complexity index is 486. The van der Waals surface area contributed by atoms with E-state index in [0.29, 0.717) is 6.42 Å². The number of nitrogens with two attached hydrogens (primary N) is 5. The van der Waals surface area contributed by atoms with E-state index in [1.807, 2.05) is 0 Å². The Morgan fingerprint density at radius 2 is 1.14 bits per heavy atom. The molecule has 0 aliphatic rings. The highest BCUT2D eigenvalue weighted by atomic mass is 16.4. The summed E-state index contributed by atoms with van der Waals surface area (Å²) < 4.78 is 0. The first-order chi connectivity index (χ1) is 12.6. The highest BCUT2D eigenvalue weighted by Gasteiger charge is 2.11. The molecule has 14 N–H and O–H groups in total. The van der Waals surface area contributed by atoms with E-state index >= 15 is 0 Å². The number of hydrogen-bond donors (Lipinski definition) is 9. The van der Waals surface area contributed by atoms with Crippen molar-refractivity contribution in [2.45, 2.75) is 51.2 Å². The van der Waals surface area contributed by atoms with Crippen LogP contribution in [0.4, 0.5) is 0 Å². The zero-order valence-electron chi connectivity index (χ0n) is 15.8. The number of carboxylic acid groups (broad SMARTS) is 4. The second kappa shape index (κ2) is 20.5. The summed E-state index contributed by atoms with van der Waals surface area (Å²) in [5.41, 5.74) is 24.2. The van der Waals surface area contributed by atoms with Gasteiger partial charge in [0, 0.05) is 6.42 Å². The molecule has 0 radical (unpaired) electrons. The third kappa shape index (κ3) is 34.5. The van der Waals surface area contributed by atoms with Gasteiger partial charge in [0.05, 0.1) is 6.54 Å². The number of carboxylic acids is 4. The maximum Gasteiger partial charge on any atom is 0.320 e. The van der Waals surface area contributed by atoms with E-state index in [0.717, 1.165) is 0 Å². The smallest absolute Gasteiger partial charge is 0.320 e. The Balaban J connectivity index is -0.000000142. The highest BCUT2D eigenvalue weighted by Crippen LogP contribution is 1.92. The molecule has 0 spiro atoms. The summed E-state index contributed by atoms with van der Waals surface area (Å²) >= 11 is 0. The molecule has 0 bridgehead atoms. The minimum absolute atomic E-state index is 0.0213. The topological polar surface area (TPSA) is 296 Å². The van der Waals surface area contributed by atoms with Crippen LogP contribution in [0.2, 0.25) is 0 Å². The average molecular weight is 413 g/mol. The summed E-state index contributed by atoms with van der Waals surface area (Å²) in [5, 5.41) is 31.7. The van der Waals surface area contributed by atoms with E-state index in [-0.39, 0.29) is 19.4 Å². The molecule has 0 saturated carbocycles. The van der Waals surface area contributed by atoms with Gasteiger partial charge in [0.15, 0.2) is 0 Å². The summed E-state index contributed by atoms with van der Waals surface area (Å²) in [6.45, 7) is 2.88. The zero-order valence-corrected chi connectivity index (χ0v) is 15.8. The lowest BCUT2D eigenvalue weighted by molar-refractivity contribution is -0.139. The van der Waals surface area contributed by atoms with E-state index < -0.39 is 47.9 Å². The number of carbonyl (C=O) groups excluding carboxylic acids is 1. The van der Waals surface area contributed by atoms with Gasteiger partial charge in [-0.3, -0.25) is 24.0 Å². The van der Waals surface area contributed by atoms with Crippen LogP contribution in [-0.2, 0) is 24.0 Å². The first-order valence-electron chi connectivity index (χ1n) is 7.79. The van der Waals surface area contributed by atoms with Crippen LogP contribution in [0.1, 0.15) is 33.1 Å². The second-order valence-electron chi connectivity index (χ2n) is 5.03. The Hall–Kier alpha value is -2.81. The van der Waals surface area contributed by atoms with E-state index in [2.05, 4.69) is 5.73 Å². The Morgan fingerprint density at radius 3 is 1.25 bits per heavy atom. The van der Waals surface area contributed by atoms with Gasteiger partial charge in [0.2, 0.25) is 5.91 Å². The van der Waals surface area contributed by atoms with E-state index in [9.17, 15) is 24.0 Å². The number of aliphatic carboxylic acids is 4. The summed E-state index contributed by atoms with van der Waals surface area (Å²) in [7, 11) is 0. The van der Waals surface area contributed by atoms with Crippen LogP contribution in [0, 0.1) is 0 Å². The van der Waals surface area contributed by atoms with Crippen LogP contribution in [0.15, 0.2) is 0 Å². The molecule has 0 aromatic carbocycles. The zero-order chi connectivity index (χ0) is 23.4. The van der Waals surface area contributed by atoms with E-state index in [4.69, 9.17) is 43.4 Å². The number of rotatable bonds is 8. The van der Waals surface area contributed by atoms with Crippen molar-refractivity contribution in [3.05, 3.63) is 0 Å². The normalized spacial score (nSPS) is 12.1. The molecule has 0 heterocycles. The van der Waals surface area contributed by atoms with Crippen LogP contribution in [0.25, 0.3) is 0 Å². The van der Waals surface area contributed by atoms with E-state index in [1.165, 1.54) is 6.92 Å². The van der Waals surface area contributed by atoms with Gasteiger partial charge in [0.25, 0.3) is 0 Å². The van der Waals surface area contributed by atoms with Crippen molar-refractivity contribution in [3.63, 3.8) is 0 Å². The van der Waals surface area contributed by atoms with Gasteiger partial charge < -0.3 is 49.1 Å². The van der Waals surface area contributed by atoms with Crippen LogP contribution >= 0.6 is 0 Å². The summed E-state index contributed by atoms with van der Waals surface area (Å²) in [6, 6.07) is -2.39. The molecule has 0 fully saturated rings. The summed E-state index contributed by atoms with van der Waals surface area (Å²) in [6.07, 6.45) is 0.619. The molecule has 3 atom stereocenters. The fourth-order valence-corrected chi connectivity index (χ4v) is 0.596. The van der Waals surface area contributed by atoms with Crippen molar-refractivity contribution in [1.29, 1.82) is 0 Å². The summed E-state index contributed by atoms with van der Waals surface area (Å²) in [4.78, 5) is 48.8. The molecular weight excluding hydrogens is 382 g/mol. The Kier molecular flexibility index (Phi) is 24.0.